The van der Waals surface area contributed by atoms with E-state index in [1.54, 1.807) is 78.9 Å². The largest absolute Gasteiger partial charge is 0.506 e. The molecule has 0 bridgehead atoms. The highest BCUT2D eigenvalue weighted by atomic mass is 16.5. The van der Waals surface area contributed by atoms with Gasteiger partial charge in [-0.15, -0.1) is 0 Å². The number of hydrogen-bond acceptors (Lipinski definition) is 11. The molecule has 11 rings (SSSR count). The molecule has 0 saturated carbocycles. The normalized spacial score (nSPS) is 11.1. The highest BCUT2D eigenvalue weighted by molar-refractivity contribution is 6.17. The summed E-state index contributed by atoms with van der Waals surface area (Å²) in [5.74, 6) is -4.80. The lowest BCUT2D eigenvalue weighted by molar-refractivity contribution is 0.0460. The molecular formula is C63H46N2O11. The summed E-state index contributed by atoms with van der Waals surface area (Å²) in [7, 11) is 0. The number of aromatic carboxylic acids is 1. The van der Waals surface area contributed by atoms with Crippen molar-refractivity contribution in [1.82, 2.24) is 9.55 Å². The van der Waals surface area contributed by atoms with Gasteiger partial charge >= 0.3 is 17.9 Å². The highest BCUT2D eigenvalue weighted by Gasteiger charge is 2.29. The number of rotatable bonds is 10. The zero-order chi connectivity index (χ0) is 53.2. The van der Waals surface area contributed by atoms with Crippen molar-refractivity contribution in [2.24, 2.45) is 0 Å². The van der Waals surface area contributed by atoms with Crippen LogP contribution in [-0.2, 0) is 22.7 Å². The summed E-state index contributed by atoms with van der Waals surface area (Å²) in [6.45, 7) is 3.98. The van der Waals surface area contributed by atoms with E-state index in [1.807, 2.05) is 92.7 Å². The van der Waals surface area contributed by atoms with Crippen LogP contribution in [0.3, 0.4) is 0 Å². The van der Waals surface area contributed by atoms with E-state index in [1.165, 1.54) is 35.4 Å². The summed E-state index contributed by atoms with van der Waals surface area (Å²) < 4.78 is 12.3. The van der Waals surface area contributed by atoms with Crippen LogP contribution >= 0.6 is 0 Å². The maximum atomic E-state index is 13.3. The number of aryl methyl sites for hydroxylation is 2. The number of imidazole rings is 1. The number of fused-ring (bicyclic) bond motifs is 4. The van der Waals surface area contributed by atoms with Gasteiger partial charge in [-0.1, -0.05) is 157 Å². The Bertz CT molecular complexity index is 4090. The van der Waals surface area contributed by atoms with Crippen molar-refractivity contribution in [1.29, 1.82) is 0 Å². The number of carbonyl (C=O) groups excluding carboxylic acids is 3. The molecule has 0 radical (unpaired) electrons. The van der Waals surface area contributed by atoms with E-state index in [0.717, 1.165) is 22.3 Å². The fraction of sp³-hybridized carbons (Fsp3) is 0.0635. The second kappa shape index (κ2) is 20.7. The second-order valence-corrected chi connectivity index (χ2v) is 18.2. The Hall–Kier alpha value is -10.3. The molecule has 0 unspecified atom stereocenters. The van der Waals surface area contributed by atoms with E-state index in [4.69, 9.17) is 9.47 Å². The van der Waals surface area contributed by atoms with Crippen molar-refractivity contribution in [3.63, 3.8) is 0 Å². The minimum atomic E-state index is -1.31. The van der Waals surface area contributed by atoms with Gasteiger partial charge in [-0.05, 0) is 92.3 Å². The second-order valence-electron chi connectivity index (χ2n) is 18.2. The maximum absolute atomic E-state index is 13.3. The smallest absolute Gasteiger partial charge is 0.342 e. The Labute approximate surface area is 434 Å². The average molecular weight is 1010 g/mol. The molecule has 10 aromatic carbocycles. The fourth-order valence-corrected chi connectivity index (χ4v) is 9.34. The van der Waals surface area contributed by atoms with Gasteiger partial charge in [0.1, 0.15) is 59.2 Å². The quantitative estimate of drug-likeness (QED) is 0.0812. The van der Waals surface area contributed by atoms with Crippen LogP contribution in [0.25, 0.3) is 65.3 Å². The summed E-state index contributed by atoms with van der Waals surface area (Å²) >= 11 is 0. The van der Waals surface area contributed by atoms with E-state index < -0.39 is 35.3 Å². The maximum Gasteiger partial charge on any atom is 0.342 e. The lowest BCUT2D eigenvalue weighted by atomic mass is 9.88. The fourth-order valence-electron chi connectivity index (χ4n) is 9.34. The summed E-state index contributed by atoms with van der Waals surface area (Å²) in [4.78, 5) is 55.6. The molecule has 5 N–H and O–H groups in total. The first-order valence-corrected chi connectivity index (χ1v) is 24.0. The van der Waals surface area contributed by atoms with E-state index in [-0.39, 0.29) is 69.2 Å². The number of carbonyl (C=O) groups is 4. The molecule has 11 aromatic rings. The number of aromatic hydroxyl groups is 4. The van der Waals surface area contributed by atoms with Crippen LogP contribution in [0.4, 0.5) is 0 Å². The van der Waals surface area contributed by atoms with Gasteiger partial charge < -0.3 is 35.0 Å². The first-order valence-electron chi connectivity index (χ1n) is 24.0. The number of benzene rings is 10. The van der Waals surface area contributed by atoms with E-state index in [9.17, 15) is 44.7 Å². The third-order valence-electron chi connectivity index (χ3n) is 13.2. The van der Waals surface area contributed by atoms with Gasteiger partial charge in [-0.2, -0.15) is 0 Å². The van der Waals surface area contributed by atoms with Gasteiger partial charge in [-0.3, -0.25) is 9.36 Å². The SMILES string of the molecule is Cc1ccc(COC(=O)c2cc3ccccc3c(-c3c(O)c(C(=O)O)cc4ccccc34)c2O)cc1.Cc1ccc(COC(=O)c2cc3ccccc3c(-c3c(O)c(C(=O)n4ccnc4)cc4ccccc34)c2O)cc1. The van der Waals surface area contributed by atoms with Gasteiger partial charge in [0.2, 0.25) is 0 Å². The molecule has 76 heavy (non-hydrogen) atoms. The Morgan fingerprint density at radius 3 is 1.13 bits per heavy atom. The van der Waals surface area contributed by atoms with Crippen molar-refractivity contribution in [2.75, 3.05) is 0 Å². The zero-order valence-electron chi connectivity index (χ0n) is 40.9. The number of ether oxygens (including phenoxy) is 2. The molecule has 0 saturated heterocycles. The number of hydrogen-bond donors (Lipinski definition) is 5. The average Bonchev–Trinajstić information content (AvgIpc) is 4.02. The van der Waals surface area contributed by atoms with E-state index in [2.05, 4.69) is 4.98 Å². The number of phenols is 4. The Kier molecular flexibility index (Phi) is 13.4. The van der Waals surface area contributed by atoms with Gasteiger partial charge in [0.05, 0.1) is 5.56 Å². The summed E-state index contributed by atoms with van der Waals surface area (Å²) in [6, 6.07) is 49.8. The molecule has 0 spiro atoms. The van der Waals surface area contributed by atoms with Crippen LogP contribution in [0.5, 0.6) is 23.0 Å². The molecule has 1 aromatic heterocycles. The molecule has 0 aliphatic carbocycles. The molecule has 0 aliphatic rings. The first kappa shape index (κ1) is 49.3. The molecule has 0 atom stereocenters. The molecule has 0 aliphatic heterocycles. The number of carboxylic acid groups (broad SMARTS) is 1. The minimum absolute atomic E-state index is 0.0173. The van der Waals surface area contributed by atoms with Crippen molar-refractivity contribution in [3.8, 4) is 45.3 Å². The van der Waals surface area contributed by atoms with Gasteiger partial charge in [0, 0.05) is 34.6 Å². The molecule has 13 heteroatoms. The lowest BCUT2D eigenvalue weighted by Crippen LogP contribution is -2.11. The molecule has 0 amide bonds. The Balaban J connectivity index is 0.000000174. The van der Waals surface area contributed by atoms with Crippen LogP contribution in [0.2, 0.25) is 0 Å². The highest BCUT2D eigenvalue weighted by Crippen LogP contribution is 2.49. The van der Waals surface area contributed by atoms with Crippen LogP contribution in [0.1, 0.15) is 63.7 Å². The summed E-state index contributed by atoms with van der Waals surface area (Å²) in [5, 5.41) is 60.3. The number of aromatic nitrogens is 2. The number of phenolic OH excluding ortho intramolecular Hbond substituents is 3. The minimum Gasteiger partial charge on any atom is -0.506 e. The zero-order valence-corrected chi connectivity index (χ0v) is 40.9. The third-order valence-corrected chi connectivity index (χ3v) is 13.2. The van der Waals surface area contributed by atoms with Gasteiger partial charge in [0.25, 0.3) is 5.91 Å². The van der Waals surface area contributed by atoms with Crippen molar-refractivity contribution in [3.05, 3.63) is 233 Å². The van der Waals surface area contributed by atoms with Crippen LogP contribution in [0, 0.1) is 13.8 Å². The van der Waals surface area contributed by atoms with Gasteiger partial charge in [0.15, 0.2) is 0 Å². The predicted molar refractivity (Wildman–Crippen MR) is 290 cm³/mol. The van der Waals surface area contributed by atoms with Crippen molar-refractivity contribution >= 4 is 66.9 Å². The first-order chi connectivity index (χ1) is 36.8. The molecule has 1 heterocycles. The van der Waals surface area contributed by atoms with Crippen molar-refractivity contribution in [2.45, 2.75) is 27.1 Å². The van der Waals surface area contributed by atoms with E-state index >= 15 is 0 Å². The van der Waals surface area contributed by atoms with E-state index in [0.29, 0.717) is 43.1 Å². The predicted octanol–water partition coefficient (Wildman–Crippen LogP) is 13.1. The van der Waals surface area contributed by atoms with Crippen LogP contribution in [0.15, 0.2) is 189 Å². The van der Waals surface area contributed by atoms with Crippen LogP contribution in [-0.4, -0.2) is 58.9 Å². The molecule has 374 valence electrons. The Morgan fingerprint density at radius 1 is 0.447 bits per heavy atom. The monoisotopic (exact) mass is 1010 g/mol. The number of esters is 2. The lowest BCUT2D eigenvalue weighted by Gasteiger charge is -2.18. The standard InChI is InChI=1S/C33H24N2O5.C30H22O6/c1-20-10-12-21(13-11-20)18-40-33(39)27-17-23-7-3-5-9-25(23)29(31(27)37)28-24-8-4-2-6-22(24)16-26(30(28)36)32(38)35-15-14-34-19-35;1-17-10-12-18(13-11-17)16-36-30(35)24-15-20-7-3-5-9-22(20)26(28(24)32)25-21-8-4-2-6-19(21)14-23(27(25)31)29(33)34/h2-17,19,36-37H,18H2,1H3;2-15,31-32H,16H2,1H3,(H,33,34). The summed E-state index contributed by atoms with van der Waals surface area (Å²) in [5.41, 5.74) is 4.14. The Morgan fingerprint density at radius 2 is 0.776 bits per heavy atom. The van der Waals surface area contributed by atoms with Crippen molar-refractivity contribution < 1.29 is 54.2 Å². The summed E-state index contributed by atoms with van der Waals surface area (Å²) in [6.07, 6.45) is 4.32. The van der Waals surface area contributed by atoms with Gasteiger partial charge in [-0.25, -0.2) is 19.4 Å². The molecule has 13 nitrogen and oxygen atoms in total. The molecule has 0 fully saturated rings. The number of carboxylic acids is 1. The molecular weight excluding hydrogens is 961 g/mol. The number of nitrogens with zero attached hydrogens (tertiary/aromatic N) is 2. The third kappa shape index (κ3) is 9.47. The van der Waals surface area contributed by atoms with Crippen LogP contribution < -0.4 is 0 Å². The topological polar surface area (TPSA) is 206 Å².